The first kappa shape index (κ1) is 10.5. The Hall–Kier alpha value is -1.54. The Morgan fingerprint density at radius 3 is 2.71 bits per heavy atom. The molecule has 0 amide bonds. The van der Waals surface area contributed by atoms with E-state index in [0.717, 1.165) is 0 Å². The molecule has 1 aromatic rings. The zero-order chi connectivity index (χ0) is 10.8. The molecule has 0 radical (unpaired) electrons. The van der Waals surface area contributed by atoms with Crippen molar-refractivity contribution in [1.29, 1.82) is 5.26 Å². The molecule has 5 nitrogen and oxygen atoms in total. The van der Waals surface area contributed by atoms with Crippen LogP contribution in [0.3, 0.4) is 0 Å². The van der Waals surface area contributed by atoms with E-state index in [2.05, 4.69) is 4.98 Å². The number of hydrogen-bond donors (Lipinski definition) is 1. The van der Waals surface area contributed by atoms with E-state index in [9.17, 15) is 0 Å². The summed E-state index contributed by atoms with van der Waals surface area (Å²) in [5.74, 6) is 0.365. The zero-order valence-corrected chi connectivity index (χ0v) is 8.50. The van der Waals surface area contributed by atoms with Gasteiger partial charge in [-0.2, -0.15) is 10.2 Å². The molecular weight excluding hydrogens is 182 g/mol. The minimum atomic E-state index is -0.655. The number of oxazole rings is 1. The summed E-state index contributed by atoms with van der Waals surface area (Å²) >= 11 is 0. The molecule has 14 heavy (non-hydrogen) atoms. The molecule has 0 aromatic carbocycles. The Morgan fingerprint density at radius 2 is 2.29 bits per heavy atom. The van der Waals surface area contributed by atoms with Crippen molar-refractivity contribution in [2.45, 2.75) is 26.4 Å². The highest BCUT2D eigenvalue weighted by Gasteiger charge is 2.28. The van der Waals surface area contributed by atoms with Gasteiger partial charge in [0.25, 0.3) is 0 Å². The first-order valence-electron chi connectivity index (χ1n) is 4.32. The topological polar surface area (TPSA) is 85.1 Å². The molecule has 0 saturated carbocycles. The maximum Gasteiger partial charge on any atom is 0.229 e. The van der Waals surface area contributed by atoms with Gasteiger partial charge in [0.05, 0.1) is 0 Å². The van der Waals surface area contributed by atoms with Crippen LogP contribution in [0.2, 0.25) is 0 Å². The molecule has 0 bridgehead atoms. The van der Waals surface area contributed by atoms with Crippen LogP contribution >= 0.6 is 0 Å². The van der Waals surface area contributed by atoms with Crippen LogP contribution in [-0.2, 0) is 10.3 Å². The fourth-order valence-electron chi connectivity index (χ4n) is 1.09. The van der Waals surface area contributed by atoms with Gasteiger partial charge in [0, 0.05) is 6.61 Å². The standard InChI is InChI=1S/C9H13N3O2/c1-4-13-9(2,3)8-12-6(5-10)7(11)14-8/h4,11H2,1-3H3. The summed E-state index contributed by atoms with van der Waals surface area (Å²) in [6.45, 7) is 6.03. The van der Waals surface area contributed by atoms with Gasteiger partial charge < -0.3 is 14.9 Å². The Bertz CT molecular complexity index is 363. The molecule has 0 fully saturated rings. The smallest absolute Gasteiger partial charge is 0.229 e. The molecule has 5 heteroatoms. The minimum absolute atomic E-state index is 0.0373. The summed E-state index contributed by atoms with van der Waals surface area (Å²) in [6, 6.07) is 1.84. The molecule has 2 N–H and O–H groups in total. The number of nitriles is 1. The van der Waals surface area contributed by atoms with Crippen LogP contribution in [-0.4, -0.2) is 11.6 Å². The predicted octanol–water partition coefficient (Wildman–Crippen LogP) is 1.40. The van der Waals surface area contributed by atoms with Crippen LogP contribution in [0.5, 0.6) is 0 Å². The molecule has 0 atom stereocenters. The SMILES string of the molecule is CCOC(C)(C)c1nc(C#N)c(N)o1. The van der Waals surface area contributed by atoms with E-state index in [1.165, 1.54) is 0 Å². The van der Waals surface area contributed by atoms with Crippen molar-refractivity contribution in [2.75, 3.05) is 12.3 Å². The van der Waals surface area contributed by atoms with Crippen molar-refractivity contribution in [2.24, 2.45) is 0 Å². The van der Waals surface area contributed by atoms with Crippen molar-refractivity contribution in [3.05, 3.63) is 11.6 Å². The van der Waals surface area contributed by atoms with E-state index < -0.39 is 5.60 Å². The number of rotatable bonds is 3. The minimum Gasteiger partial charge on any atom is -0.421 e. The van der Waals surface area contributed by atoms with Crippen LogP contribution in [0.15, 0.2) is 4.42 Å². The highest BCUT2D eigenvalue weighted by molar-refractivity contribution is 5.41. The van der Waals surface area contributed by atoms with E-state index >= 15 is 0 Å². The lowest BCUT2D eigenvalue weighted by Crippen LogP contribution is -2.21. The van der Waals surface area contributed by atoms with Crippen LogP contribution in [0, 0.1) is 11.3 Å². The Labute approximate surface area is 82.5 Å². The third-order valence-electron chi connectivity index (χ3n) is 1.78. The van der Waals surface area contributed by atoms with Crippen LogP contribution in [0.25, 0.3) is 0 Å². The van der Waals surface area contributed by atoms with Gasteiger partial charge in [-0.1, -0.05) is 0 Å². The average Bonchev–Trinajstić information content (AvgIpc) is 2.47. The van der Waals surface area contributed by atoms with E-state index in [1.54, 1.807) is 0 Å². The second kappa shape index (κ2) is 3.68. The lowest BCUT2D eigenvalue weighted by atomic mass is 10.1. The third kappa shape index (κ3) is 1.86. The van der Waals surface area contributed by atoms with Gasteiger partial charge >= 0.3 is 0 Å². The number of nitrogens with two attached hydrogens (primary N) is 1. The van der Waals surface area contributed by atoms with Crippen molar-refractivity contribution >= 4 is 5.88 Å². The fourth-order valence-corrected chi connectivity index (χ4v) is 1.09. The van der Waals surface area contributed by atoms with Gasteiger partial charge in [-0.25, -0.2) is 0 Å². The maximum absolute atomic E-state index is 8.63. The quantitative estimate of drug-likeness (QED) is 0.787. The first-order valence-corrected chi connectivity index (χ1v) is 4.32. The highest BCUT2D eigenvalue weighted by atomic mass is 16.5. The molecule has 0 aliphatic rings. The lowest BCUT2D eigenvalue weighted by molar-refractivity contribution is -0.0331. The van der Waals surface area contributed by atoms with E-state index in [0.29, 0.717) is 12.5 Å². The summed E-state index contributed by atoms with van der Waals surface area (Å²) in [5.41, 5.74) is 4.89. The van der Waals surface area contributed by atoms with Crippen molar-refractivity contribution in [1.82, 2.24) is 4.98 Å². The predicted molar refractivity (Wildman–Crippen MR) is 50.3 cm³/mol. The Kier molecular flexibility index (Phi) is 2.77. The molecular formula is C9H13N3O2. The van der Waals surface area contributed by atoms with E-state index in [4.69, 9.17) is 20.1 Å². The van der Waals surface area contributed by atoms with Gasteiger partial charge in [-0.3, -0.25) is 0 Å². The molecule has 0 aliphatic heterocycles. The average molecular weight is 195 g/mol. The number of aromatic nitrogens is 1. The van der Waals surface area contributed by atoms with Crippen molar-refractivity contribution in [3.63, 3.8) is 0 Å². The van der Waals surface area contributed by atoms with Crippen molar-refractivity contribution < 1.29 is 9.15 Å². The number of nitrogen functional groups attached to an aromatic ring is 1. The van der Waals surface area contributed by atoms with Gasteiger partial charge in [0.2, 0.25) is 17.5 Å². The van der Waals surface area contributed by atoms with Crippen LogP contribution in [0.1, 0.15) is 32.4 Å². The molecule has 1 rings (SSSR count). The Morgan fingerprint density at radius 1 is 1.64 bits per heavy atom. The van der Waals surface area contributed by atoms with Gasteiger partial charge in [-0.05, 0) is 20.8 Å². The Balaban J connectivity index is 3.02. The van der Waals surface area contributed by atoms with Gasteiger partial charge in [0.15, 0.2) is 0 Å². The van der Waals surface area contributed by atoms with Gasteiger partial charge in [-0.15, -0.1) is 0 Å². The molecule has 76 valence electrons. The lowest BCUT2D eigenvalue weighted by Gasteiger charge is -2.19. The first-order chi connectivity index (χ1) is 6.51. The number of anilines is 1. The molecule has 0 spiro atoms. The third-order valence-corrected chi connectivity index (χ3v) is 1.78. The molecule has 0 saturated heterocycles. The number of ether oxygens (including phenoxy) is 1. The molecule has 0 unspecified atom stereocenters. The van der Waals surface area contributed by atoms with Crippen molar-refractivity contribution in [3.8, 4) is 6.07 Å². The van der Waals surface area contributed by atoms with Crippen LogP contribution in [0.4, 0.5) is 5.88 Å². The van der Waals surface area contributed by atoms with E-state index in [-0.39, 0.29) is 11.6 Å². The summed E-state index contributed by atoms with van der Waals surface area (Å²) < 4.78 is 10.5. The molecule has 0 aliphatic carbocycles. The summed E-state index contributed by atoms with van der Waals surface area (Å²) in [6.07, 6.45) is 0. The summed E-state index contributed by atoms with van der Waals surface area (Å²) in [4.78, 5) is 3.94. The monoisotopic (exact) mass is 195 g/mol. The fraction of sp³-hybridized carbons (Fsp3) is 0.556. The maximum atomic E-state index is 8.63. The molecule has 1 heterocycles. The molecule has 1 aromatic heterocycles. The summed E-state index contributed by atoms with van der Waals surface area (Å²) in [7, 11) is 0. The summed E-state index contributed by atoms with van der Waals surface area (Å²) in [5, 5.41) is 8.63. The number of hydrogen-bond acceptors (Lipinski definition) is 5. The highest BCUT2D eigenvalue weighted by Crippen LogP contribution is 2.26. The largest absolute Gasteiger partial charge is 0.421 e. The van der Waals surface area contributed by atoms with E-state index in [1.807, 2.05) is 26.8 Å². The second-order valence-electron chi connectivity index (χ2n) is 3.29. The zero-order valence-electron chi connectivity index (χ0n) is 8.50. The second-order valence-corrected chi connectivity index (χ2v) is 3.29. The van der Waals surface area contributed by atoms with Gasteiger partial charge in [0.1, 0.15) is 11.7 Å². The van der Waals surface area contributed by atoms with Crippen LogP contribution < -0.4 is 5.73 Å². The number of nitrogens with zero attached hydrogens (tertiary/aromatic N) is 2. The normalized spacial score (nSPS) is 11.3.